The van der Waals surface area contributed by atoms with Gasteiger partial charge in [-0.15, -0.1) is 0 Å². The number of nitrogens with one attached hydrogen (secondary N) is 1. The number of nitrogens with two attached hydrogens (primary N) is 1. The molecule has 0 aromatic heterocycles. The number of nitrogens with zero attached hydrogens (tertiary/aromatic N) is 1. The van der Waals surface area contributed by atoms with Gasteiger partial charge in [0, 0.05) is 32.6 Å². The van der Waals surface area contributed by atoms with Crippen molar-refractivity contribution in [2.75, 3.05) is 38.5 Å². The van der Waals surface area contributed by atoms with Crippen molar-refractivity contribution in [1.82, 2.24) is 10.2 Å². The number of amides is 1. The van der Waals surface area contributed by atoms with E-state index in [1.165, 1.54) is 0 Å². The minimum Gasteiger partial charge on any atom is -0.491 e. The molecular formula is C16H25N3O2. The highest BCUT2D eigenvalue weighted by atomic mass is 16.5. The molecule has 1 aliphatic heterocycles. The number of hydrogen-bond donors (Lipinski definition) is 2. The Morgan fingerprint density at radius 3 is 2.81 bits per heavy atom. The molecule has 0 radical (unpaired) electrons. The highest BCUT2D eigenvalue weighted by molar-refractivity contribution is 5.76. The molecule has 0 saturated carbocycles. The van der Waals surface area contributed by atoms with Crippen LogP contribution in [0.1, 0.15) is 25.3 Å². The monoisotopic (exact) mass is 291 g/mol. The van der Waals surface area contributed by atoms with Crippen LogP contribution in [0.4, 0.5) is 5.69 Å². The highest BCUT2D eigenvalue weighted by Crippen LogP contribution is 2.23. The number of benzene rings is 1. The molecule has 5 nitrogen and oxygen atoms in total. The summed E-state index contributed by atoms with van der Waals surface area (Å²) < 4.78 is 5.55. The largest absolute Gasteiger partial charge is 0.491 e. The van der Waals surface area contributed by atoms with Crippen LogP contribution in [0.2, 0.25) is 0 Å². The molecule has 21 heavy (non-hydrogen) atoms. The van der Waals surface area contributed by atoms with Gasteiger partial charge in [0.25, 0.3) is 0 Å². The zero-order chi connectivity index (χ0) is 15.1. The molecule has 1 heterocycles. The fraction of sp³-hybridized carbons (Fsp3) is 0.562. The van der Waals surface area contributed by atoms with Crippen molar-refractivity contribution < 1.29 is 9.53 Å². The van der Waals surface area contributed by atoms with E-state index < -0.39 is 0 Å². The Morgan fingerprint density at radius 2 is 2.14 bits per heavy atom. The lowest BCUT2D eigenvalue weighted by molar-refractivity contribution is -0.131. The molecule has 2 rings (SSSR count). The summed E-state index contributed by atoms with van der Waals surface area (Å²) in [6, 6.07) is 5.80. The molecule has 1 aromatic carbocycles. The lowest BCUT2D eigenvalue weighted by Gasteiger charge is -2.27. The zero-order valence-electron chi connectivity index (χ0n) is 12.7. The number of hydrogen-bond acceptors (Lipinski definition) is 4. The Balaban J connectivity index is 1.85. The summed E-state index contributed by atoms with van der Waals surface area (Å²) in [7, 11) is 0. The second kappa shape index (κ2) is 7.88. The van der Waals surface area contributed by atoms with Gasteiger partial charge in [-0.25, -0.2) is 0 Å². The quantitative estimate of drug-likeness (QED) is 0.778. The molecule has 0 spiro atoms. The van der Waals surface area contributed by atoms with E-state index in [2.05, 4.69) is 12.2 Å². The predicted molar refractivity (Wildman–Crippen MR) is 84.4 cm³/mol. The van der Waals surface area contributed by atoms with Crippen LogP contribution < -0.4 is 15.8 Å². The van der Waals surface area contributed by atoms with Gasteiger partial charge in [-0.3, -0.25) is 4.79 Å². The molecule has 0 atom stereocenters. The van der Waals surface area contributed by atoms with Crippen molar-refractivity contribution in [3.8, 4) is 5.75 Å². The van der Waals surface area contributed by atoms with Crippen molar-refractivity contribution in [3.63, 3.8) is 0 Å². The zero-order valence-corrected chi connectivity index (χ0v) is 12.7. The standard InChI is InChI=1S/C16H25N3O2/c1-2-11-21-15-5-3-13(12-14(15)17)4-6-16(20)19-9-7-18-8-10-19/h3,5,12,18H,2,4,6-11,17H2,1H3. The van der Waals surface area contributed by atoms with Gasteiger partial charge < -0.3 is 20.7 Å². The first-order chi connectivity index (χ1) is 10.2. The Bertz CT molecular complexity index is 471. The van der Waals surface area contributed by atoms with Crippen LogP contribution in [0, 0.1) is 0 Å². The van der Waals surface area contributed by atoms with Gasteiger partial charge in [-0.2, -0.15) is 0 Å². The maximum absolute atomic E-state index is 12.1. The van der Waals surface area contributed by atoms with Gasteiger partial charge in [0.05, 0.1) is 12.3 Å². The lowest BCUT2D eigenvalue weighted by atomic mass is 10.1. The Morgan fingerprint density at radius 1 is 1.38 bits per heavy atom. The number of carbonyl (C=O) groups excluding carboxylic acids is 1. The number of ether oxygens (including phenoxy) is 1. The molecule has 116 valence electrons. The average molecular weight is 291 g/mol. The van der Waals surface area contributed by atoms with Crippen LogP contribution in [0.25, 0.3) is 0 Å². The molecule has 1 amide bonds. The minimum absolute atomic E-state index is 0.224. The summed E-state index contributed by atoms with van der Waals surface area (Å²) >= 11 is 0. The maximum atomic E-state index is 12.1. The van der Waals surface area contributed by atoms with Crippen molar-refractivity contribution in [3.05, 3.63) is 23.8 Å². The first-order valence-electron chi connectivity index (χ1n) is 7.70. The minimum atomic E-state index is 0.224. The average Bonchev–Trinajstić information content (AvgIpc) is 2.52. The van der Waals surface area contributed by atoms with E-state index in [0.29, 0.717) is 18.7 Å². The number of aryl methyl sites for hydroxylation is 1. The predicted octanol–water partition coefficient (Wildman–Crippen LogP) is 1.42. The van der Waals surface area contributed by atoms with Gasteiger partial charge in [0.1, 0.15) is 5.75 Å². The maximum Gasteiger partial charge on any atom is 0.222 e. The van der Waals surface area contributed by atoms with Crippen LogP contribution in [0.15, 0.2) is 18.2 Å². The summed E-state index contributed by atoms with van der Waals surface area (Å²) in [6.07, 6.45) is 2.22. The summed E-state index contributed by atoms with van der Waals surface area (Å²) in [5.74, 6) is 0.954. The molecule has 1 saturated heterocycles. The second-order valence-electron chi connectivity index (χ2n) is 5.35. The SMILES string of the molecule is CCCOc1ccc(CCC(=O)N2CCNCC2)cc1N. The van der Waals surface area contributed by atoms with Crippen molar-refractivity contribution in [2.45, 2.75) is 26.2 Å². The number of carbonyl (C=O) groups is 1. The van der Waals surface area contributed by atoms with E-state index in [0.717, 1.165) is 50.3 Å². The summed E-state index contributed by atoms with van der Waals surface area (Å²) in [6.45, 7) is 6.14. The van der Waals surface area contributed by atoms with Crippen molar-refractivity contribution >= 4 is 11.6 Å². The molecular weight excluding hydrogens is 266 g/mol. The molecule has 1 fully saturated rings. The molecule has 0 aliphatic carbocycles. The second-order valence-corrected chi connectivity index (χ2v) is 5.35. The van der Waals surface area contributed by atoms with Crippen molar-refractivity contribution in [2.24, 2.45) is 0 Å². The smallest absolute Gasteiger partial charge is 0.222 e. The third-order valence-corrected chi connectivity index (χ3v) is 3.63. The number of nitrogen functional groups attached to an aromatic ring is 1. The van der Waals surface area contributed by atoms with Gasteiger partial charge in [-0.05, 0) is 30.5 Å². The van der Waals surface area contributed by atoms with E-state index >= 15 is 0 Å². The first kappa shape index (κ1) is 15.6. The molecule has 0 bridgehead atoms. The van der Waals surface area contributed by atoms with Crippen LogP contribution in [-0.4, -0.2) is 43.6 Å². The van der Waals surface area contributed by atoms with E-state index in [-0.39, 0.29) is 5.91 Å². The van der Waals surface area contributed by atoms with Crippen LogP contribution >= 0.6 is 0 Å². The molecule has 1 aromatic rings. The highest BCUT2D eigenvalue weighted by Gasteiger charge is 2.15. The number of piperazine rings is 1. The molecule has 0 unspecified atom stereocenters. The van der Waals surface area contributed by atoms with Gasteiger partial charge in [0.15, 0.2) is 0 Å². The van der Waals surface area contributed by atoms with Gasteiger partial charge in [-0.1, -0.05) is 13.0 Å². The Hall–Kier alpha value is -1.75. The number of rotatable bonds is 6. The van der Waals surface area contributed by atoms with Crippen LogP contribution in [-0.2, 0) is 11.2 Å². The third kappa shape index (κ3) is 4.63. The molecule has 5 heteroatoms. The molecule has 1 aliphatic rings. The van der Waals surface area contributed by atoms with E-state index in [4.69, 9.17) is 10.5 Å². The summed E-state index contributed by atoms with van der Waals surface area (Å²) in [5.41, 5.74) is 7.71. The van der Waals surface area contributed by atoms with E-state index in [1.807, 2.05) is 23.1 Å². The third-order valence-electron chi connectivity index (χ3n) is 3.63. The fourth-order valence-corrected chi connectivity index (χ4v) is 2.42. The van der Waals surface area contributed by atoms with Gasteiger partial charge in [0.2, 0.25) is 5.91 Å². The van der Waals surface area contributed by atoms with Gasteiger partial charge >= 0.3 is 0 Å². The van der Waals surface area contributed by atoms with Crippen LogP contribution in [0.3, 0.4) is 0 Å². The Labute approximate surface area is 126 Å². The summed E-state index contributed by atoms with van der Waals surface area (Å²) in [4.78, 5) is 14.0. The number of anilines is 1. The van der Waals surface area contributed by atoms with E-state index in [9.17, 15) is 4.79 Å². The molecule has 3 N–H and O–H groups in total. The lowest BCUT2D eigenvalue weighted by Crippen LogP contribution is -2.46. The van der Waals surface area contributed by atoms with Crippen LogP contribution in [0.5, 0.6) is 5.75 Å². The van der Waals surface area contributed by atoms with E-state index in [1.54, 1.807) is 0 Å². The van der Waals surface area contributed by atoms with Crippen molar-refractivity contribution in [1.29, 1.82) is 0 Å². The topological polar surface area (TPSA) is 67.6 Å². The summed E-state index contributed by atoms with van der Waals surface area (Å²) in [5, 5.41) is 3.25. The normalized spacial score (nSPS) is 15.0. The Kier molecular flexibility index (Phi) is 5.87. The fourth-order valence-electron chi connectivity index (χ4n) is 2.42. The first-order valence-corrected chi connectivity index (χ1v) is 7.70.